The van der Waals surface area contributed by atoms with E-state index in [1.165, 1.54) is 10.8 Å². The predicted octanol–water partition coefficient (Wildman–Crippen LogP) is 2.48. The van der Waals surface area contributed by atoms with Gasteiger partial charge in [-0.3, -0.25) is 9.59 Å². The zero-order valence-electron chi connectivity index (χ0n) is 8.18. The first kappa shape index (κ1) is 13.4. The highest BCUT2D eigenvalue weighted by atomic mass is 79.9. The first-order chi connectivity index (χ1) is 7.59. The molecular weight excluding hydrogens is 286 g/mol. The summed E-state index contributed by atoms with van der Waals surface area (Å²) in [6.07, 6.45) is 1.49. The third kappa shape index (κ3) is 2.55. The Kier molecular flexibility index (Phi) is 4.07. The Hall–Kier alpha value is -1.62. The van der Waals surface area contributed by atoms with Gasteiger partial charge < -0.3 is 9.67 Å². The minimum atomic E-state index is -1.03. The molecule has 5 heteroatoms. The largest absolute Gasteiger partial charge is 0.480 e. The standard InChI is InChI=1S/C11H8BrNO3.CH4/c12-8-3-1-2-7-4-5-13(6-9(14)15)11(16)10(7)8;/h1-5H,6H2,(H,14,15);1H4. The summed E-state index contributed by atoms with van der Waals surface area (Å²) in [5, 5.41) is 9.96. The third-order valence-electron chi connectivity index (χ3n) is 2.26. The molecule has 4 nitrogen and oxygen atoms in total. The Morgan fingerprint density at radius 3 is 2.71 bits per heavy atom. The molecule has 0 aliphatic rings. The van der Waals surface area contributed by atoms with E-state index in [1.807, 2.05) is 12.1 Å². The van der Waals surface area contributed by atoms with Gasteiger partial charge in [0.15, 0.2) is 0 Å². The van der Waals surface area contributed by atoms with Crippen LogP contribution in [0.2, 0.25) is 0 Å². The van der Waals surface area contributed by atoms with Crippen LogP contribution < -0.4 is 5.56 Å². The van der Waals surface area contributed by atoms with Crippen LogP contribution in [0, 0.1) is 0 Å². The van der Waals surface area contributed by atoms with Crippen LogP contribution >= 0.6 is 15.9 Å². The summed E-state index contributed by atoms with van der Waals surface area (Å²) in [7, 11) is 0. The molecule has 0 unspecified atom stereocenters. The summed E-state index contributed by atoms with van der Waals surface area (Å²) in [5.41, 5.74) is -0.299. The first-order valence-corrected chi connectivity index (χ1v) is 5.38. The van der Waals surface area contributed by atoms with E-state index >= 15 is 0 Å². The van der Waals surface area contributed by atoms with Crippen molar-refractivity contribution in [1.29, 1.82) is 0 Å². The number of halogens is 1. The number of aliphatic carboxylic acids is 1. The average Bonchev–Trinajstić information content (AvgIpc) is 2.22. The highest BCUT2D eigenvalue weighted by molar-refractivity contribution is 9.10. The van der Waals surface area contributed by atoms with Gasteiger partial charge in [-0.2, -0.15) is 0 Å². The van der Waals surface area contributed by atoms with E-state index in [0.29, 0.717) is 9.86 Å². The highest BCUT2D eigenvalue weighted by Crippen LogP contribution is 2.19. The van der Waals surface area contributed by atoms with Gasteiger partial charge in [-0.05, 0) is 33.4 Å². The molecule has 1 aromatic heterocycles. The predicted molar refractivity (Wildman–Crippen MR) is 70.3 cm³/mol. The zero-order chi connectivity index (χ0) is 11.7. The Morgan fingerprint density at radius 1 is 1.35 bits per heavy atom. The van der Waals surface area contributed by atoms with Crippen molar-refractivity contribution in [3.8, 4) is 0 Å². The topological polar surface area (TPSA) is 59.3 Å². The van der Waals surface area contributed by atoms with E-state index in [1.54, 1.807) is 12.1 Å². The Balaban J connectivity index is 0.00000144. The van der Waals surface area contributed by atoms with Crippen molar-refractivity contribution in [1.82, 2.24) is 4.57 Å². The smallest absolute Gasteiger partial charge is 0.323 e. The summed E-state index contributed by atoms with van der Waals surface area (Å²) in [5.74, 6) is -1.03. The molecule has 1 heterocycles. The molecule has 0 aliphatic heterocycles. The monoisotopic (exact) mass is 297 g/mol. The molecule has 0 fully saturated rings. The van der Waals surface area contributed by atoms with Gasteiger partial charge in [0.05, 0.1) is 5.39 Å². The van der Waals surface area contributed by atoms with Crippen molar-refractivity contribution in [2.45, 2.75) is 14.0 Å². The van der Waals surface area contributed by atoms with Crippen LogP contribution in [-0.4, -0.2) is 15.6 Å². The number of carbonyl (C=O) groups is 1. The van der Waals surface area contributed by atoms with Crippen LogP contribution in [0.1, 0.15) is 7.43 Å². The fraction of sp³-hybridized carbons (Fsp3) is 0.167. The lowest BCUT2D eigenvalue weighted by Gasteiger charge is -2.05. The van der Waals surface area contributed by atoms with Crippen LogP contribution in [0.5, 0.6) is 0 Å². The van der Waals surface area contributed by atoms with Crippen LogP contribution in [0.3, 0.4) is 0 Å². The molecule has 17 heavy (non-hydrogen) atoms. The van der Waals surface area contributed by atoms with Crippen LogP contribution in [-0.2, 0) is 11.3 Å². The molecule has 2 aromatic rings. The van der Waals surface area contributed by atoms with Crippen LogP contribution in [0.4, 0.5) is 0 Å². The van der Waals surface area contributed by atoms with Crippen molar-refractivity contribution in [2.75, 3.05) is 0 Å². The van der Waals surface area contributed by atoms with E-state index in [2.05, 4.69) is 15.9 Å². The first-order valence-electron chi connectivity index (χ1n) is 4.59. The van der Waals surface area contributed by atoms with Gasteiger partial charge in [-0.1, -0.05) is 19.6 Å². The minimum Gasteiger partial charge on any atom is -0.480 e. The van der Waals surface area contributed by atoms with Gasteiger partial charge in [-0.15, -0.1) is 0 Å². The number of rotatable bonds is 2. The van der Waals surface area contributed by atoms with E-state index < -0.39 is 5.97 Å². The van der Waals surface area contributed by atoms with Gasteiger partial charge in [-0.25, -0.2) is 0 Å². The molecule has 1 aromatic carbocycles. The molecular formula is C12H12BrNO3. The number of pyridine rings is 1. The highest BCUT2D eigenvalue weighted by Gasteiger charge is 2.07. The molecule has 0 atom stereocenters. The van der Waals surface area contributed by atoms with Gasteiger partial charge in [0, 0.05) is 10.7 Å². The molecule has 0 radical (unpaired) electrons. The number of fused-ring (bicyclic) bond motifs is 1. The Bertz CT molecular complexity index is 619. The number of nitrogens with zero attached hydrogens (tertiary/aromatic N) is 1. The van der Waals surface area contributed by atoms with Gasteiger partial charge in [0.25, 0.3) is 5.56 Å². The number of carboxylic acid groups (broad SMARTS) is 1. The minimum absolute atomic E-state index is 0. The van der Waals surface area contributed by atoms with Gasteiger partial charge in [0.2, 0.25) is 0 Å². The summed E-state index contributed by atoms with van der Waals surface area (Å²) in [4.78, 5) is 22.5. The van der Waals surface area contributed by atoms with Crippen LogP contribution in [0.25, 0.3) is 10.8 Å². The van der Waals surface area contributed by atoms with E-state index in [9.17, 15) is 9.59 Å². The molecule has 90 valence electrons. The van der Waals surface area contributed by atoms with Gasteiger partial charge >= 0.3 is 5.97 Å². The molecule has 0 saturated carbocycles. The maximum Gasteiger partial charge on any atom is 0.323 e. The molecule has 1 N–H and O–H groups in total. The average molecular weight is 298 g/mol. The van der Waals surface area contributed by atoms with Gasteiger partial charge in [0.1, 0.15) is 6.54 Å². The normalized spacial score (nSPS) is 9.94. The van der Waals surface area contributed by atoms with Crippen molar-refractivity contribution in [2.24, 2.45) is 0 Å². The quantitative estimate of drug-likeness (QED) is 0.926. The summed E-state index contributed by atoms with van der Waals surface area (Å²) >= 11 is 3.29. The second kappa shape index (κ2) is 5.14. The Morgan fingerprint density at radius 2 is 2.06 bits per heavy atom. The number of hydrogen-bond acceptors (Lipinski definition) is 2. The molecule has 0 bridgehead atoms. The summed E-state index contributed by atoms with van der Waals surface area (Å²) in [6, 6.07) is 7.12. The fourth-order valence-electron chi connectivity index (χ4n) is 1.56. The maximum absolute atomic E-state index is 12.0. The molecule has 0 amide bonds. The molecule has 0 aliphatic carbocycles. The van der Waals surface area contributed by atoms with Crippen molar-refractivity contribution in [3.63, 3.8) is 0 Å². The lowest BCUT2D eigenvalue weighted by molar-refractivity contribution is -0.137. The fourth-order valence-corrected chi connectivity index (χ4v) is 2.11. The van der Waals surface area contributed by atoms with Crippen molar-refractivity contribution in [3.05, 3.63) is 45.3 Å². The number of hydrogen-bond donors (Lipinski definition) is 1. The number of benzene rings is 1. The SMILES string of the molecule is C.O=C(O)Cn1ccc2cccc(Br)c2c1=O. The maximum atomic E-state index is 12.0. The lowest BCUT2D eigenvalue weighted by atomic mass is 10.2. The molecule has 0 saturated heterocycles. The van der Waals surface area contributed by atoms with Crippen LogP contribution in [0.15, 0.2) is 39.7 Å². The molecule has 0 spiro atoms. The second-order valence-corrected chi connectivity index (χ2v) is 4.20. The lowest BCUT2D eigenvalue weighted by Crippen LogP contribution is -2.23. The van der Waals surface area contributed by atoms with E-state index in [4.69, 9.17) is 5.11 Å². The zero-order valence-corrected chi connectivity index (χ0v) is 9.77. The summed E-state index contributed by atoms with van der Waals surface area (Å²) in [6.45, 7) is -0.323. The van der Waals surface area contributed by atoms with Crippen molar-refractivity contribution >= 4 is 32.7 Å². The van der Waals surface area contributed by atoms with Crippen molar-refractivity contribution < 1.29 is 9.90 Å². The van der Waals surface area contributed by atoms with E-state index in [-0.39, 0.29) is 19.5 Å². The van der Waals surface area contributed by atoms with E-state index in [0.717, 1.165) is 5.39 Å². The number of carboxylic acids is 1. The number of aromatic nitrogens is 1. The summed E-state index contributed by atoms with van der Waals surface area (Å²) < 4.78 is 1.85. The third-order valence-corrected chi connectivity index (χ3v) is 2.92. The molecule has 2 rings (SSSR count). The second-order valence-electron chi connectivity index (χ2n) is 3.35. The Labute approximate surface area is 107 Å².